The molecule has 0 radical (unpaired) electrons. The van der Waals surface area contributed by atoms with E-state index in [4.69, 9.17) is 24.7 Å². The second kappa shape index (κ2) is 10.5. The quantitative estimate of drug-likeness (QED) is 0.625. The van der Waals surface area contributed by atoms with Gasteiger partial charge in [0.2, 0.25) is 0 Å². The summed E-state index contributed by atoms with van der Waals surface area (Å²) in [5, 5.41) is 0. The third-order valence-electron chi connectivity index (χ3n) is 2.80. The molecule has 5 heteroatoms. The van der Waals surface area contributed by atoms with Crippen molar-refractivity contribution < 1.29 is 18.9 Å². The Labute approximate surface area is 121 Å². The van der Waals surface area contributed by atoms with E-state index in [0.29, 0.717) is 26.4 Å². The van der Waals surface area contributed by atoms with Gasteiger partial charge < -0.3 is 24.7 Å². The lowest BCUT2D eigenvalue weighted by Gasteiger charge is -2.12. The predicted octanol–water partition coefficient (Wildman–Crippen LogP) is 1.63. The van der Waals surface area contributed by atoms with E-state index in [-0.39, 0.29) is 0 Å². The number of benzene rings is 1. The Morgan fingerprint density at radius 3 is 2.60 bits per heavy atom. The largest absolute Gasteiger partial charge is 0.497 e. The van der Waals surface area contributed by atoms with E-state index in [1.165, 1.54) is 0 Å². The molecule has 1 rings (SSSR count). The summed E-state index contributed by atoms with van der Waals surface area (Å²) in [6.07, 6.45) is 1.67. The Balaban J connectivity index is 2.35. The average molecular weight is 283 g/mol. The molecule has 1 aromatic carbocycles. The fourth-order valence-electron chi connectivity index (χ4n) is 1.79. The minimum atomic E-state index is 0.525. The highest BCUT2D eigenvalue weighted by atomic mass is 16.5. The first kappa shape index (κ1) is 16.8. The molecule has 20 heavy (non-hydrogen) atoms. The molecule has 0 aliphatic carbocycles. The highest BCUT2D eigenvalue weighted by molar-refractivity contribution is 5.40. The fraction of sp³-hybridized carbons (Fsp3) is 0.600. The van der Waals surface area contributed by atoms with Crippen LogP contribution >= 0.6 is 0 Å². The zero-order valence-corrected chi connectivity index (χ0v) is 12.4. The maximum atomic E-state index is 5.73. The topological polar surface area (TPSA) is 62.9 Å². The van der Waals surface area contributed by atoms with E-state index >= 15 is 0 Å². The fourth-order valence-corrected chi connectivity index (χ4v) is 1.79. The molecule has 0 bridgehead atoms. The van der Waals surface area contributed by atoms with Gasteiger partial charge in [0.15, 0.2) is 0 Å². The molecule has 0 saturated heterocycles. The summed E-state index contributed by atoms with van der Waals surface area (Å²) in [7, 11) is 3.34. The van der Waals surface area contributed by atoms with Crippen LogP contribution in [0.2, 0.25) is 0 Å². The minimum Gasteiger partial charge on any atom is -0.497 e. The Kier molecular flexibility index (Phi) is 8.78. The molecule has 0 aliphatic rings. The molecule has 5 nitrogen and oxygen atoms in total. The molecule has 0 amide bonds. The molecule has 2 N–H and O–H groups in total. The van der Waals surface area contributed by atoms with Crippen molar-refractivity contribution in [1.29, 1.82) is 0 Å². The summed E-state index contributed by atoms with van der Waals surface area (Å²) >= 11 is 0. The lowest BCUT2D eigenvalue weighted by molar-refractivity contribution is 0.0804. The van der Waals surface area contributed by atoms with Crippen LogP contribution in [0.1, 0.15) is 12.0 Å². The molecular weight excluding hydrogens is 258 g/mol. The number of rotatable bonds is 11. The van der Waals surface area contributed by atoms with Crippen molar-refractivity contribution >= 4 is 0 Å². The minimum absolute atomic E-state index is 0.525. The van der Waals surface area contributed by atoms with E-state index in [0.717, 1.165) is 36.5 Å². The van der Waals surface area contributed by atoms with Crippen molar-refractivity contribution in [2.45, 2.75) is 12.8 Å². The average Bonchev–Trinajstić information content (AvgIpc) is 2.47. The van der Waals surface area contributed by atoms with Gasteiger partial charge in [0, 0.05) is 20.3 Å². The van der Waals surface area contributed by atoms with Gasteiger partial charge in [-0.3, -0.25) is 0 Å². The van der Waals surface area contributed by atoms with Crippen LogP contribution in [0.3, 0.4) is 0 Å². The van der Waals surface area contributed by atoms with Gasteiger partial charge in [-0.05, 0) is 43.1 Å². The Bertz CT molecular complexity index is 371. The van der Waals surface area contributed by atoms with Gasteiger partial charge in [-0.2, -0.15) is 0 Å². The van der Waals surface area contributed by atoms with E-state index in [1.54, 1.807) is 14.2 Å². The summed E-state index contributed by atoms with van der Waals surface area (Å²) in [5.41, 5.74) is 6.67. The standard InChI is InChI=1S/C15H25NO4/c1-17-8-3-9-19-10-11-20-15-5-4-14(18-2)12-13(15)6-7-16/h4-5,12H,3,6-11,16H2,1-2H3. The lowest BCUT2D eigenvalue weighted by atomic mass is 10.1. The van der Waals surface area contributed by atoms with Crippen molar-refractivity contribution in [3.8, 4) is 11.5 Å². The van der Waals surface area contributed by atoms with Crippen molar-refractivity contribution in [2.75, 3.05) is 47.2 Å². The summed E-state index contributed by atoms with van der Waals surface area (Å²) in [5.74, 6) is 1.66. The van der Waals surface area contributed by atoms with E-state index in [1.807, 2.05) is 18.2 Å². The van der Waals surface area contributed by atoms with Crippen LogP contribution in [0.4, 0.5) is 0 Å². The number of hydrogen-bond donors (Lipinski definition) is 1. The number of ether oxygens (including phenoxy) is 4. The van der Waals surface area contributed by atoms with Crippen LogP contribution in [-0.2, 0) is 15.9 Å². The molecule has 0 aromatic heterocycles. The first-order valence-corrected chi connectivity index (χ1v) is 6.88. The Morgan fingerprint density at radius 2 is 1.90 bits per heavy atom. The van der Waals surface area contributed by atoms with E-state index < -0.39 is 0 Å². The maximum Gasteiger partial charge on any atom is 0.122 e. The van der Waals surface area contributed by atoms with Gasteiger partial charge in [-0.15, -0.1) is 0 Å². The van der Waals surface area contributed by atoms with Gasteiger partial charge in [-0.25, -0.2) is 0 Å². The second-order valence-corrected chi connectivity index (χ2v) is 4.32. The highest BCUT2D eigenvalue weighted by Gasteiger charge is 2.05. The third kappa shape index (κ3) is 6.23. The monoisotopic (exact) mass is 283 g/mol. The normalized spacial score (nSPS) is 10.6. The molecular formula is C15H25NO4. The molecule has 1 aromatic rings. The number of nitrogens with two attached hydrogens (primary N) is 1. The summed E-state index contributed by atoms with van der Waals surface area (Å²) in [6, 6.07) is 5.76. The summed E-state index contributed by atoms with van der Waals surface area (Å²) in [6.45, 7) is 3.08. The molecule has 0 spiro atoms. The van der Waals surface area contributed by atoms with Crippen LogP contribution in [0.5, 0.6) is 11.5 Å². The van der Waals surface area contributed by atoms with Gasteiger partial charge >= 0.3 is 0 Å². The van der Waals surface area contributed by atoms with E-state index in [9.17, 15) is 0 Å². The molecule has 0 aliphatic heterocycles. The van der Waals surface area contributed by atoms with Crippen molar-refractivity contribution in [2.24, 2.45) is 5.73 Å². The van der Waals surface area contributed by atoms with Gasteiger partial charge in [0.25, 0.3) is 0 Å². The highest BCUT2D eigenvalue weighted by Crippen LogP contribution is 2.24. The van der Waals surface area contributed by atoms with Gasteiger partial charge in [0.1, 0.15) is 18.1 Å². The maximum absolute atomic E-state index is 5.73. The van der Waals surface area contributed by atoms with Crippen molar-refractivity contribution in [1.82, 2.24) is 0 Å². The van der Waals surface area contributed by atoms with Gasteiger partial charge in [0.05, 0.1) is 13.7 Å². The zero-order valence-electron chi connectivity index (χ0n) is 12.4. The van der Waals surface area contributed by atoms with Crippen LogP contribution in [0.15, 0.2) is 18.2 Å². The number of methoxy groups -OCH3 is 2. The number of hydrogen-bond acceptors (Lipinski definition) is 5. The van der Waals surface area contributed by atoms with Crippen molar-refractivity contribution in [3.63, 3.8) is 0 Å². The lowest BCUT2D eigenvalue weighted by Crippen LogP contribution is -2.11. The molecule has 0 saturated carbocycles. The van der Waals surface area contributed by atoms with Crippen molar-refractivity contribution in [3.05, 3.63) is 23.8 Å². The smallest absolute Gasteiger partial charge is 0.122 e. The Hall–Kier alpha value is -1.30. The second-order valence-electron chi connectivity index (χ2n) is 4.32. The first-order valence-electron chi connectivity index (χ1n) is 6.88. The SMILES string of the molecule is COCCCOCCOc1ccc(OC)cc1CCN. The summed E-state index contributed by atoms with van der Waals surface area (Å²) in [4.78, 5) is 0. The zero-order chi connectivity index (χ0) is 14.6. The predicted molar refractivity (Wildman–Crippen MR) is 78.6 cm³/mol. The molecule has 114 valence electrons. The molecule has 0 atom stereocenters. The summed E-state index contributed by atoms with van der Waals surface area (Å²) < 4.78 is 21.3. The first-order chi connectivity index (χ1) is 9.81. The molecule has 0 fully saturated rings. The third-order valence-corrected chi connectivity index (χ3v) is 2.80. The molecule has 0 heterocycles. The van der Waals surface area contributed by atoms with Crippen LogP contribution in [0.25, 0.3) is 0 Å². The molecule has 0 unspecified atom stereocenters. The van der Waals surface area contributed by atoms with Crippen LogP contribution in [0, 0.1) is 0 Å². The Morgan fingerprint density at radius 1 is 1.05 bits per heavy atom. The van der Waals surface area contributed by atoms with Crippen LogP contribution in [-0.4, -0.2) is 47.2 Å². The van der Waals surface area contributed by atoms with Gasteiger partial charge in [-0.1, -0.05) is 0 Å². The van der Waals surface area contributed by atoms with Crippen LogP contribution < -0.4 is 15.2 Å². The van der Waals surface area contributed by atoms with E-state index in [2.05, 4.69) is 0 Å².